The van der Waals surface area contributed by atoms with E-state index in [9.17, 15) is 14.0 Å². The number of carbonyl (C=O) groups excluding carboxylic acids is 2. The predicted molar refractivity (Wildman–Crippen MR) is 162 cm³/mol. The molecule has 10 heteroatoms. The lowest BCUT2D eigenvalue weighted by Gasteiger charge is -2.39. The second-order valence-corrected chi connectivity index (χ2v) is 11.3. The second-order valence-electron chi connectivity index (χ2n) is 11.3. The number of aryl methyl sites for hydroxylation is 1. The van der Waals surface area contributed by atoms with Crippen LogP contribution in [0.15, 0.2) is 48.5 Å². The Hall–Kier alpha value is -4.31. The van der Waals surface area contributed by atoms with Gasteiger partial charge in [0.15, 0.2) is 0 Å². The van der Waals surface area contributed by atoms with Crippen molar-refractivity contribution in [2.24, 2.45) is 0 Å². The van der Waals surface area contributed by atoms with Gasteiger partial charge in [-0.2, -0.15) is 0 Å². The summed E-state index contributed by atoms with van der Waals surface area (Å²) in [5, 5.41) is 3.34. The summed E-state index contributed by atoms with van der Waals surface area (Å²) >= 11 is 0. The summed E-state index contributed by atoms with van der Waals surface area (Å²) in [6, 6.07) is 13.4. The van der Waals surface area contributed by atoms with Crippen LogP contribution in [0.2, 0.25) is 0 Å². The van der Waals surface area contributed by atoms with Crippen molar-refractivity contribution in [2.75, 3.05) is 58.6 Å². The van der Waals surface area contributed by atoms with Crippen LogP contribution in [0.1, 0.15) is 25.0 Å². The number of amides is 2. The maximum absolute atomic E-state index is 14.0. The van der Waals surface area contributed by atoms with E-state index in [2.05, 4.69) is 5.32 Å². The molecule has 1 N–H and O–H groups in total. The van der Waals surface area contributed by atoms with Crippen LogP contribution in [0.4, 0.5) is 20.6 Å². The van der Waals surface area contributed by atoms with E-state index in [0.29, 0.717) is 47.2 Å². The third kappa shape index (κ3) is 6.44. The smallest absolute Gasteiger partial charge is 0.415 e. The molecule has 0 radical (unpaired) electrons. The molecule has 1 aliphatic heterocycles. The van der Waals surface area contributed by atoms with Gasteiger partial charge in [-0.15, -0.1) is 0 Å². The number of ether oxygens (including phenoxy) is 3. The standard InChI is InChI=1S/C32H39FN4O5/c1-20-9-10-21(33)17-27(20)41-19-25-23(13-14-26-29(25)37(7)30(38)32(2,3)34-26)24-12-11-22(18-28(24)40-8)42-31(39)36(6)16-15-35(4)5/h9-14,17-18,34H,15-16,19H2,1-8H3. The average Bonchev–Trinajstić information content (AvgIpc) is 2.94. The maximum atomic E-state index is 14.0. The van der Waals surface area contributed by atoms with Gasteiger partial charge in [0.05, 0.1) is 18.5 Å². The van der Waals surface area contributed by atoms with Crippen LogP contribution in [0.3, 0.4) is 0 Å². The fraction of sp³-hybridized carbons (Fsp3) is 0.375. The predicted octanol–water partition coefficient (Wildman–Crippen LogP) is 5.55. The summed E-state index contributed by atoms with van der Waals surface area (Å²) in [4.78, 5) is 31.0. The van der Waals surface area contributed by atoms with Crippen LogP contribution in [-0.4, -0.2) is 75.7 Å². The molecule has 224 valence electrons. The van der Waals surface area contributed by atoms with Crippen LogP contribution >= 0.6 is 0 Å². The first-order valence-electron chi connectivity index (χ1n) is 13.7. The summed E-state index contributed by atoms with van der Waals surface area (Å²) in [5.74, 6) is 0.699. The molecule has 0 aliphatic carbocycles. The van der Waals surface area contributed by atoms with Crippen molar-refractivity contribution in [3.8, 4) is 28.4 Å². The number of carbonyl (C=O) groups is 2. The molecule has 42 heavy (non-hydrogen) atoms. The number of halogens is 1. The molecule has 0 bridgehead atoms. The first-order chi connectivity index (χ1) is 19.8. The number of nitrogens with one attached hydrogen (secondary N) is 1. The first kappa shape index (κ1) is 30.6. The summed E-state index contributed by atoms with van der Waals surface area (Å²) < 4.78 is 31.6. The third-order valence-corrected chi connectivity index (χ3v) is 7.29. The van der Waals surface area contributed by atoms with E-state index in [4.69, 9.17) is 14.2 Å². The maximum Gasteiger partial charge on any atom is 0.415 e. The number of nitrogens with zero attached hydrogens (tertiary/aromatic N) is 3. The highest BCUT2D eigenvalue weighted by Crippen LogP contribution is 2.45. The minimum absolute atomic E-state index is 0.0547. The Balaban J connectivity index is 1.75. The number of hydrogen-bond acceptors (Lipinski definition) is 7. The van der Waals surface area contributed by atoms with Crippen LogP contribution < -0.4 is 24.4 Å². The molecule has 3 aromatic carbocycles. The fourth-order valence-corrected chi connectivity index (χ4v) is 4.89. The van der Waals surface area contributed by atoms with Gasteiger partial charge < -0.3 is 34.2 Å². The molecular weight excluding hydrogens is 539 g/mol. The van der Waals surface area contributed by atoms with Crippen molar-refractivity contribution in [2.45, 2.75) is 32.9 Å². The topological polar surface area (TPSA) is 83.6 Å². The Labute approximate surface area is 246 Å². The fourth-order valence-electron chi connectivity index (χ4n) is 4.89. The molecule has 3 aromatic rings. The lowest BCUT2D eigenvalue weighted by molar-refractivity contribution is -0.121. The van der Waals surface area contributed by atoms with E-state index in [-0.39, 0.29) is 12.5 Å². The highest BCUT2D eigenvalue weighted by atomic mass is 19.1. The van der Waals surface area contributed by atoms with Gasteiger partial charge in [0, 0.05) is 50.4 Å². The molecule has 0 saturated carbocycles. The van der Waals surface area contributed by atoms with Crippen LogP contribution in [0, 0.1) is 12.7 Å². The summed E-state index contributed by atoms with van der Waals surface area (Å²) in [6.07, 6.45) is -0.478. The van der Waals surface area contributed by atoms with Crippen LogP contribution in [0.5, 0.6) is 17.2 Å². The summed E-state index contributed by atoms with van der Waals surface area (Å²) in [6.45, 7) is 6.78. The van der Waals surface area contributed by atoms with Gasteiger partial charge in [0.2, 0.25) is 0 Å². The molecule has 0 saturated heterocycles. The van der Waals surface area contributed by atoms with E-state index < -0.39 is 17.4 Å². The number of rotatable bonds is 9. The highest BCUT2D eigenvalue weighted by Gasteiger charge is 2.38. The van der Waals surface area contributed by atoms with Crippen molar-refractivity contribution >= 4 is 23.4 Å². The van der Waals surface area contributed by atoms with E-state index in [1.807, 2.05) is 58.0 Å². The SMILES string of the molecule is COc1cc(OC(=O)N(C)CCN(C)C)ccc1-c1ccc2c(c1COc1cc(F)ccc1C)N(C)C(=O)C(C)(C)N2. The number of benzene rings is 3. The minimum Gasteiger partial charge on any atom is -0.496 e. The molecule has 0 unspecified atom stereocenters. The van der Waals surface area contributed by atoms with Crippen LogP contribution in [0.25, 0.3) is 11.1 Å². The molecule has 0 fully saturated rings. The molecule has 0 spiro atoms. The molecule has 1 heterocycles. The van der Waals surface area contributed by atoms with Crippen molar-refractivity contribution in [1.82, 2.24) is 9.80 Å². The van der Waals surface area contributed by atoms with Gasteiger partial charge in [0.25, 0.3) is 5.91 Å². The number of likely N-dealkylation sites (N-methyl/N-ethyl adjacent to an activating group) is 3. The number of hydrogen-bond donors (Lipinski definition) is 1. The Morgan fingerprint density at radius 1 is 1.00 bits per heavy atom. The molecule has 4 rings (SSSR count). The number of anilines is 2. The van der Waals surface area contributed by atoms with Crippen molar-refractivity contribution in [3.63, 3.8) is 0 Å². The molecule has 0 aromatic heterocycles. The van der Waals surface area contributed by atoms with E-state index in [1.165, 1.54) is 24.1 Å². The molecule has 0 atom stereocenters. The quantitative estimate of drug-likeness (QED) is 0.357. The minimum atomic E-state index is -0.802. The van der Waals surface area contributed by atoms with Crippen molar-refractivity contribution < 1.29 is 28.2 Å². The summed E-state index contributed by atoms with van der Waals surface area (Å²) in [7, 11) is 8.83. The Morgan fingerprint density at radius 2 is 1.71 bits per heavy atom. The van der Waals surface area contributed by atoms with Crippen molar-refractivity contribution in [1.29, 1.82) is 0 Å². The molecule has 1 aliphatic rings. The largest absolute Gasteiger partial charge is 0.496 e. The lowest BCUT2D eigenvalue weighted by Crippen LogP contribution is -2.52. The monoisotopic (exact) mass is 578 g/mol. The van der Waals surface area contributed by atoms with Crippen molar-refractivity contribution in [3.05, 3.63) is 65.5 Å². The van der Waals surface area contributed by atoms with Crippen LogP contribution in [-0.2, 0) is 11.4 Å². The highest BCUT2D eigenvalue weighted by molar-refractivity contribution is 6.08. The van der Waals surface area contributed by atoms with Gasteiger partial charge >= 0.3 is 6.09 Å². The van der Waals surface area contributed by atoms with Gasteiger partial charge in [-0.25, -0.2) is 9.18 Å². The first-order valence-corrected chi connectivity index (χ1v) is 13.7. The zero-order chi connectivity index (χ0) is 30.8. The number of fused-ring (bicyclic) bond motifs is 1. The Kier molecular flexibility index (Phi) is 8.96. The van der Waals surface area contributed by atoms with Gasteiger partial charge in [-0.1, -0.05) is 12.1 Å². The van der Waals surface area contributed by atoms with Gasteiger partial charge in [0.1, 0.15) is 35.2 Å². The van der Waals surface area contributed by atoms with Gasteiger partial charge in [-0.3, -0.25) is 4.79 Å². The lowest BCUT2D eigenvalue weighted by atomic mass is 9.91. The van der Waals surface area contributed by atoms with E-state index in [1.54, 1.807) is 37.2 Å². The number of methoxy groups -OCH3 is 1. The normalized spacial score (nSPS) is 13.9. The van der Waals surface area contributed by atoms with E-state index in [0.717, 1.165) is 16.8 Å². The molecule has 2 amide bonds. The molecular formula is C32H39FN4O5. The second kappa shape index (κ2) is 12.3. The zero-order valence-corrected chi connectivity index (χ0v) is 25.5. The van der Waals surface area contributed by atoms with E-state index >= 15 is 0 Å². The Bertz CT molecular complexity index is 1490. The average molecular weight is 579 g/mol. The van der Waals surface area contributed by atoms with Gasteiger partial charge in [-0.05, 0) is 70.3 Å². The Morgan fingerprint density at radius 3 is 2.40 bits per heavy atom. The third-order valence-electron chi connectivity index (χ3n) is 7.29. The summed E-state index contributed by atoms with van der Waals surface area (Å²) in [5.41, 5.74) is 3.58. The zero-order valence-electron chi connectivity index (χ0n) is 25.5. The molecule has 9 nitrogen and oxygen atoms in total.